The zero-order valence-electron chi connectivity index (χ0n) is 16.1. The fourth-order valence-corrected chi connectivity index (χ4v) is 3.17. The van der Waals surface area contributed by atoms with Crippen LogP contribution in [0.25, 0.3) is 17.0 Å². The summed E-state index contributed by atoms with van der Waals surface area (Å²) in [6.45, 7) is 0. The van der Waals surface area contributed by atoms with E-state index in [0.717, 1.165) is 11.6 Å². The minimum atomic E-state index is -0.610. The lowest BCUT2D eigenvalue weighted by atomic mass is 10.2. The number of furan rings is 1. The van der Waals surface area contributed by atoms with Gasteiger partial charge >= 0.3 is 0 Å². The molecule has 0 bridgehead atoms. The van der Waals surface area contributed by atoms with Gasteiger partial charge < -0.3 is 15.1 Å². The molecule has 0 spiro atoms. The molecule has 4 aromatic rings. The number of hydrogen-bond donors (Lipinski definition) is 2. The van der Waals surface area contributed by atoms with E-state index in [9.17, 15) is 14.0 Å². The lowest BCUT2D eigenvalue weighted by molar-refractivity contribution is -0.111. The van der Waals surface area contributed by atoms with Gasteiger partial charge in [0.1, 0.15) is 17.1 Å². The van der Waals surface area contributed by atoms with Gasteiger partial charge in [0, 0.05) is 17.1 Å². The van der Waals surface area contributed by atoms with E-state index in [2.05, 4.69) is 10.6 Å². The molecule has 0 unspecified atom stereocenters. The van der Waals surface area contributed by atoms with Crippen LogP contribution in [0.15, 0.2) is 83.3 Å². The highest BCUT2D eigenvalue weighted by atomic mass is 35.5. The number of nitrogens with one attached hydrogen (secondary N) is 2. The number of fused-ring (bicyclic) bond motifs is 1. The molecule has 1 aromatic heterocycles. The highest BCUT2D eigenvalue weighted by Gasteiger charge is 2.22. The van der Waals surface area contributed by atoms with E-state index in [0.29, 0.717) is 11.0 Å². The molecule has 7 heteroatoms. The highest BCUT2D eigenvalue weighted by molar-refractivity contribution is 6.31. The standard InChI is InChI=1S/C24H16ClFN2O3/c25-18-14-16(11-12-19(18)26)27-24(30)23-22(17-8-4-5-9-20(17)31-23)28-21(29)13-10-15-6-2-1-3-7-15/h1-14H,(H,27,30)(H,28,29)/b13-10+. The van der Waals surface area contributed by atoms with Crippen LogP contribution in [0.4, 0.5) is 15.8 Å². The smallest absolute Gasteiger partial charge is 0.293 e. The molecule has 1 heterocycles. The zero-order valence-corrected chi connectivity index (χ0v) is 16.8. The van der Waals surface area contributed by atoms with E-state index >= 15 is 0 Å². The van der Waals surface area contributed by atoms with Gasteiger partial charge in [0.2, 0.25) is 11.7 Å². The first kappa shape index (κ1) is 20.4. The highest BCUT2D eigenvalue weighted by Crippen LogP contribution is 2.32. The molecule has 0 radical (unpaired) electrons. The summed E-state index contributed by atoms with van der Waals surface area (Å²) in [6, 6.07) is 20.1. The lowest BCUT2D eigenvalue weighted by Crippen LogP contribution is -2.15. The molecular formula is C24H16ClFN2O3. The molecule has 0 atom stereocenters. The number of para-hydroxylation sites is 1. The molecule has 0 fully saturated rings. The first-order valence-electron chi connectivity index (χ1n) is 9.33. The summed E-state index contributed by atoms with van der Waals surface area (Å²) in [5.41, 5.74) is 1.83. The van der Waals surface area contributed by atoms with Gasteiger partial charge in [-0.25, -0.2) is 4.39 Å². The van der Waals surface area contributed by atoms with Crippen LogP contribution in [-0.4, -0.2) is 11.8 Å². The Morgan fingerprint density at radius 2 is 1.68 bits per heavy atom. The maximum Gasteiger partial charge on any atom is 0.293 e. The molecule has 4 rings (SSSR count). The van der Waals surface area contributed by atoms with Gasteiger partial charge in [-0.2, -0.15) is 0 Å². The largest absolute Gasteiger partial charge is 0.449 e. The number of halogens is 2. The third-order valence-electron chi connectivity index (χ3n) is 4.45. The first-order valence-corrected chi connectivity index (χ1v) is 9.71. The van der Waals surface area contributed by atoms with Crippen LogP contribution in [-0.2, 0) is 4.79 Å². The van der Waals surface area contributed by atoms with Crippen LogP contribution in [0.2, 0.25) is 5.02 Å². The maximum absolute atomic E-state index is 13.4. The molecule has 0 saturated heterocycles. The summed E-state index contributed by atoms with van der Waals surface area (Å²) >= 11 is 5.78. The molecule has 0 aliphatic heterocycles. The Labute approximate surface area is 182 Å². The van der Waals surface area contributed by atoms with Gasteiger partial charge in [-0.15, -0.1) is 0 Å². The molecule has 0 aliphatic carbocycles. The van der Waals surface area contributed by atoms with Crippen molar-refractivity contribution in [3.63, 3.8) is 0 Å². The van der Waals surface area contributed by atoms with E-state index in [1.54, 1.807) is 30.3 Å². The fourth-order valence-electron chi connectivity index (χ4n) is 2.99. The van der Waals surface area contributed by atoms with E-state index in [-0.39, 0.29) is 22.2 Å². The van der Waals surface area contributed by atoms with Crippen LogP contribution in [0.3, 0.4) is 0 Å². The number of rotatable bonds is 5. The summed E-state index contributed by atoms with van der Waals surface area (Å²) < 4.78 is 19.1. The zero-order chi connectivity index (χ0) is 21.8. The van der Waals surface area contributed by atoms with Crippen molar-refractivity contribution in [2.24, 2.45) is 0 Å². The minimum Gasteiger partial charge on any atom is -0.449 e. The van der Waals surface area contributed by atoms with Crippen molar-refractivity contribution in [3.8, 4) is 0 Å². The van der Waals surface area contributed by atoms with Gasteiger partial charge in [0.25, 0.3) is 5.91 Å². The van der Waals surface area contributed by atoms with Crippen molar-refractivity contribution in [3.05, 3.63) is 101 Å². The van der Waals surface area contributed by atoms with Gasteiger partial charge in [-0.05, 0) is 42.0 Å². The van der Waals surface area contributed by atoms with Crippen LogP contribution in [0.1, 0.15) is 16.1 Å². The predicted octanol–water partition coefficient (Wildman–Crippen LogP) is 6.13. The molecule has 0 aliphatic rings. The van der Waals surface area contributed by atoms with E-state index in [1.165, 1.54) is 18.2 Å². The molecule has 154 valence electrons. The summed E-state index contributed by atoms with van der Waals surface area (Å²) in [6.07, 6.45) is 3.04. The monoisotopic (exact) mass is 434 g/mol. The Morgan fingerprint density at radius 3 is 2.45 bits per heavy atom. The van der Waals surface area contributed by atoms with Gasteiger partial charge in [0.05, 0.1) is 5.02 Å². The van der Waals surface area contributed by atoms with Crippen molar-refractivity contribution in [1.29, 1.82) is 0 Å². The number of carbonyl (C=O) groups excluding carboxylic acids is 2. The number of amides is 2. The summed E-state index contributed by atoms with van der Waals surface area (Å²) in [4.78, 5) is 25.4. The molecule has 2 amide bonds. The van der Waals surface area contributed by atoms with Crippen molar-refractivity contribution in [2.75, 3.05) is 10.6 Å². The topological polar surface area (TPSA) is 71.3 Å². The third-order valence-corrected chi connectivity index (χ3v) is 4.74. The van der Waals surface area contributed by atoms with Crippen molar-refractivity contribution in [1.82, 2.24) is 0 Å². The van der Waals surface area contributed by atoms with Gasteiger partial charge in [-0.1, -0.05) is 54.1 Å². The van der Waals surface area contributed by atoms with E-state index < -0.39 is 17.6 Å². The van der Waals surface area contributed by atoms with Crippen molar-refractivity contribution < 1.29 is 18.4 Å². The summed E-state index contributed by atoms with van der Waals surface area (Å²) in [5, 5.41) is 5.78. The van der Waals surface area contributed by atoms with Crippen LogP contribution in [0.5, 0.6) is 0 Å². The summed E-state index contributed by atoms with van der Waals surface area (Å²) in [7, 11) is 0. The molecule has 5 nitrogen and oxygen atoms in total. The second kappa shape index (κ2) is 8.85. The van der Waals surface area contributed by atoms with E-state index in [4.69, 9.17) is 16.0 Å². The molecule has 0 saturated carbocycles. The van der Waals surface area contributed by atoms with Crippen molar-refractivity contribution >= 4 is 51.8 Å². The SMILES string of the molecule is O=C(/C=C/c1ccccc1)Nc1c(C(=O)Nc2ccc(F)c(Cl)c2)oc2ccccc12. The van der Waals surface area contributed by atoms with Gasteiger partial charge in [-0.3, -0.25) is 9.59 Å². The summed E-state index contributed by atoms with van der Waals surface area (Å²) in [5.74, 6) is -1.71. The number of carbonyl (C=O) groups is 2. The number of anilines is 2. The molecular weight excluding hydrogens is 419 g/mol. The normalized spacial score (nSPS) is 11.0. The minimum absolute atomic E-state index is 0.0805. The maximum atomic E-state index is 13.4. The molecule has 3 aromatic carbocycles. The Hall–Kier alpha value is -3.90. The predicted molar refractivity (Wildman–Crippen MR) is 120 cm³/mol. The second-order valence-electron chi connectivity index (χ2n) is 6.62. The first-order chi connectivity index (χ1) is 15.0. The average molecular weight is 435 g/mol. The third kappa shape index (κ3) is 4.65. The number of benzene rings is 3. The van der Waals surface area contributed by atoms with E-state index in [1.807, 2.05) is 30.3 Å². The number of hydrogen-bond acceptors (Lipinski definition) is 3. The Morgan fingerprint density at radius 1 is 0.935 bits per heavy atom. The quantitative estimate of drug-likeness (QED) is 0.371. The fraction of sp³-hybridized carbons (Fsp3) is 0. The molecule has 2 N–H and O–H groups in total. The van der Waals surface area contributed by atoms with Crippen LogP contribution < -0.4 is 10.6 Å². The Kier molecular flexibility index (Phi) is 5.82. The molecule has 31 heavy (non-hydrogen) atoms. The van der Waals surface area contributed by atoms with Gasteiger partial charge in [0.15, 0.2) is 0 Å². The second-order valence-corrected chi connectivity index (χ2v) is 7.03. The Bertz CT molecular complexity index is 1300. The van der Waals surface area contributed by atoms with Crippen molar-refractivity contribution in [2.45, 2.75) is 0 Å². The lowest BCUT2D eigenvalue weighted by Gasteiger charge is -2.07. The Balaban J connectivity index is 1.62. The van der Waals surface area contributed by atoms with Crippen LogP contribution in [0, 0.1) is 5.82 Å². The average Bonchev–Trinajstić information content (AvgIpc) is 3.14. The van der Waals surface area contributed by atoms with Crippen LogP contribution >= 0.6 is 11.6 Å².